The van der Waals surface area contributed by atoms with Gasteiger partial charge < -0.3 is 9.30 Å². The van der Waals surface area contributed by atoms with Gasteiger partial charge in [0.05, 0.1) is 23.2 Å². The van der Waals surface area contributed by atoms with Crippen LogP contribution in [0.25, 0.3) is 21.0 Å². The number of methoxy groups -OCH3 is 1. The lowest BCUT2D eigenvalue weighted by Crippen LogP contribution is -2.32. The van der Waals surface area contributed by atoms with Gasteiger partial charge in [-0.25, -0.2) is 9.97 Å². The van der Waals surface area contributed by atoms with E-state index >= 15 is 0 Å². The summed E-state index contributed by atoms with van der Waals surface area (Å²) in [6, 6.07) is 17.4. The number of rotatable bonds is 7. The molecule has 3 aromatic carbocycles. The lowest BCUT2D eigenvalue weighted by Gasteiger charge is -2.20. The van der Waals surface area contributed by atoms with E-state index < -0.39 is 0 Å². The van der Waals surface area contributed by atoms with Crippen LogP contribution in [-0.4, -0.2) is 34.1 Å². The van der Waals surface area contributed by atoms with Crippen LogP contribution in [-0.2, 0) is 6.54 Å². The van der Waals surface area contributed by atoms with Crippen molar-refractivity contribution in [3.63, 3.8) is 0 Å². The second kappa shape index (κ2) is 9.21. The number of aromatic nitrogens is 3. The topological polar surface area (TPSA) is 60.2 Å². The molecule has 8 heteroatoms. The van der Waals surface area contributed by atoms with Crippen molar-refractivity contribution in [2.24, 2.45) is 0 Å². The summed E-state index contributed by atoms with van der Waals surface area (Å²) >= 11 is 7.84. The highest BCUT2D eigenvalue weighted by Crippen LogP contribution is 2.39. The highest BCUT2D eigenvalue weighted by molar-refractivity contribution is 7.23. The molecule has 2 aromatic heterocycles. The molecule has 5 aromatic rings. The average molecular weight is 477 g/mol. The first-order valence-electron chi connectivity index (χ1n) is 10.5. The highest BCUT2D eigenvalue weighted by Gasteiger charge is 2.23. The molecular formula is C25H21ClN4O2S. The Bertz CT molecular complexity index is 1430. The lowest BCUT2D eigenvalue weighted by atomic mass is 10.1. The van der Waals surface area contributed by atoms with E-state index in [0.29, 0.717) is 33.5 Å². The summed E-state index contributed by atoms with van der Waals surface area (Å²) in [5, 5.41) is 3.30. The number of aryl methyl sites for hydroxylation is 1. The first-order chi connectivity index (χ1) is 16.1. The summed E-state index contributed by atoms with van der Waals surface area (Å²) in [5.41, 5.74) is 1.28. The fourth-order valence-corrected chi connectivity index (χ4v) is 5.09. The van der Waals surface area contributed by atoms with Crippen LogP contribution in [0.15, 0.2) is 73.3 Å². The van der Waals surface area contributed by atoms with Crippen LogP contribution in [0.1, 0.15) is 16.8 Å². The molecule has 0 aliphatic carbocycles. The van der Waals surface area contributed by atoms with Crippen molar-refractivity contribution in [1.82, 2.24) is 14.5 Å². The number of anilines is 1. The Hall–Kier alpha value is -3.42. The van der Waals surface area contributed by atoms with E-state index in [1.165, 1.54) is 11.3 Å². The average Bonchev–Trinajstić information content (AvgIpc) is 3.52. The van der Waals surface area contributed by atoms with Crippen LogP contribution < -0.4 is 9.64 Å². The SMILES string of the molecule is COc1ccc(Cl)c2sc(N(CCCn3ccnc3)C(=O)c3ccc4ccccc4c3)nc12. The number of thiazole rings is 1. The Morgan fingerprint density at radius 1 is 1.15 bits per heavy atom. The number of ether oxygens (including phenoxy) is 1. The van der Waals surface area contributed by atoms with Gasteiger partial charge in [-0.3, -0.25) is 9.69 Å². The van der Waals surface area contributed by atoms with Crippen molar-refractivity contribution >= 4 is 55.0 Å². The third-order valence-corrected chi connectivity index (χ3v) is 7.04. The predicted molar refractivity (Wildman–Crippen MR) is 134 cm³/mol. The number of amides is 1. The number of imidazole rings is 1. The third-order valence-electron chi connectivity index (χ3n) is 5.50. The van der Waals surface area contributed by atoms with Crippen LogP contribution in [0.2, 0.25) is 5.02 Å². The first-order valence-corrected chi connectivity index (χ1v) is 11.7. The zero-order chi connectivity index (χ0) is 22.8. The van der Waals surface area contributed by atoms with Crippen molar-refractivity contribution in [1.29, 1.82) is 0 Å². The van der Waals surface area contributed by atoms with Crippen molar-refractivity contribution in [2.45, 2.75) is 13.0 Å². The molecule has 0 aliphatic rings. The minimum atomic E-state index is -0.0967. The van der Waals surface area contributed by atoms with E-state index in [1.54, 1.807) is 36.7 Å². The summed E-state index contributed by atoms with van der Waals surface area (Å²) in [6.45, 7) is 1.25. The Kier molecular flexibility index (Phi) is 5.98. The zero-order valence-corrected chi connectivity index (χ0v) is 19.5. The molecule has 33 heavy (non-hydrogen) atoms. The zero-order valence-electron chi connectivity index (χ0n) is 17.9. The van der Waals surface area contributed by atoms with Crippen LogP contribution >= 0.6 is 22.9 Å². The summed E-state index contributed by atoms with van der Waals surface area (Å²) in [5.74, 6) is 0.536. The van der Waals surface area contributed by atoms with Gasteiger partial charge in [-0.15, -0.1) is 0 Å². The Morgan fingerprint density at radius 3 is 2.79 bits per heavy atom. The van der Waals surface area contributed by atoms with Gasteiger partial charge in [0.1, 0.15) is 11.3 Å². The number of hydrogen-bond acceptors (Lipinski definition) is 5. The van der Waals surface area contributed by atoms with Crippen molar-refractivity contribution in [2.75, 3.05) is 18.6 Å². The summed E-state index contributed by atoms with van der Waals surface area (Å²) < 4.78 is 8.27. The molecule has 166 valence electrons. The van der Waals surface area contributed by atoms with Gasteiger partial charge in [0, 0.05) is 31.0 Å². The molecule has 0 unspecified atom stereocenters. The van der Waals surface area contributed by atoms with Crippen LogP contribution in [0.5, 0.6) is 5.75 Å². The monoisotopic (exact) mass is 476 g/mol. The maximum Gasteiger partial charge on any atom is 0.260 e. The molecule has 0 radical (unpaired) electrons. The predicted octanol–water partition coefficient (Wildman–Crippen LogP) is 6.05. The number of fused-ring (bicyclic) bond motifs is 2. The Labute approximate surface area is 200 Å². The second-order valence-corrected chi connectivity index (χ2v) is 8.98. The van der Waals surface area contributed by atoms with Crippen LogP contribution in [0.4, 0.5) is 5.13 Å². The molecule has 0 fully saturated rings. The summed E-state index contributed by atoms with van der Waals surface area (Å²) in [6.07, 6.45) is 6.19. The minimum absolute atomic E-state index is 0.0967. The number of hydrogen-bond donors (Lipinski definition) is 0. The molecule has 0 bridgehead atoms. The number of carbonyl (C=O) groups is 1. The summed E-state index contributed by atoms with van der Waals surface area (Å²) in [7, 11) is 1.60. The highest BCUT2D eigenvalue weighted by atomic mass is 35.5. The molecule has 0 atom stereocenters. The van der Waals surface area contributed by atoms with Crippen molar-refractivity contribution < 1.29 is 9.53 Å². The fourth-order valence-electron chi connectivity index (χ4n) is 3.81. The quantitative estimate of drug-likeness (QED) is 0.287. The van der Waals surface area contributed by atoms with Gasteiger partial charge in [-0.05, 0) is 41.5 Å². The van der Waals surface area contributed by atoms with Crippen LogP contribution in [0, 0.1) is 0 Å². The summed E-state index contributed by atoms with van der Waals surface area (Å²) in [4.78, 5) is 24.3. The van der Waals surface area contributed by atoms with E-state index in [4.69, 9.17) is 21.3 Å². The standard InChI is InChI=1S/C25H21ClN4O2S/c1-32-21-10-9-20(26)23-22(21)28-25(33-23)30(13-4-12-29-14-11-27-16-29)24(31)19-8-7-17-5-2-3-6-18(17)15-19/h2-3,5-11,14-16H,4,12-13H2,1H3. The number of carbonyl (C=O) groups excluding carboxylic acids is 1. The molecule has 5 rings (SSSR count). The molecule has 0 saturated heterocycles. The van der Waals surface area contributed by atoms with Gasteiger partial charge in [0.15, 0.2) is 5.13 Å². The minimum Gasteiger partial charge on any atom is -0.494 e. The number of nitrogens with zero attached hydrogens (tertiary/aromatic N) is 4. The van der Waals surface area contributed by atoms with E-state index in [2.05, 4.69) is 4.98 Å². The van der Waals surface area contributed by atoms with Gasteiger partial charge in [-0.2, -0.15) is 0 Å². The largest absolute Gasteiger partial charge is 0.494 e. The maximum atomic E-state index is 13.7. The Morgan fingerprint density at radius 2 is 2.00 bits per heavy atom. The second-order valence-electron chi connectivity index (χ2n) is 7.60. The van der Waals surface area contributed by atoms with E-state index in [0.717, 1.165) is 28.4 Å². The van der Waals surface area contributed by atoms with Gasteiger partial charge in [0.2, 0.25) is 0 Å². The number of benzene rings is 3. The molecular weight excluding hydrogens is 456 g/mol. The van der Waals surface area contributed by atoms with Crippen molar-refractivity contribution in [3.8, 4) is 5.75 Å². The van der Waals surface area contributed by atoms with E-state index in [-0.39, 0.29) is 5.91 Å². The lowest BCUT2D eigenvalue weighted by molar-refractivity contribution is 0.0986. The number of halogens is 1. The molecule has 0 saturated carbocycles. The Balaban J connectivity index is 1.52. The van der Waals surface area contributed by atoms with E-state index in [9.17, 15) is 4.79 Å². The normalized spacial score (nSPS) is 11.2. The molecule has 2 heterocycles. The smallest absolute Gasteiger partial charge is 0.260 e. The molecule has 0 N–H and O–H groups in total. The fraction of sp³-hybridized carbons (Fsp3) is 0.160. The van der Waals surface area contributed by atoms with Gasteiger partial charge in [0.25, 0.3) is 5.91 Å². The molecule has 0 aliphatic heterocycles. The molecule has 0 spiro atoms. The van der Waals surface area contributed by atoms with E-state index in [1.807, 2.05) is 53.2 Å². The van der Waals surface area contributed by atoms with Crippen molar-refractivity contribution in [3.05, 3.63) is 83.9 Å². The van der Waals surface area contributed by atoms with Gasteiger partial charge >= 0.3 is 0 Å². The first kappa shape index (κ1) is 21.4. The van der Waals surface area contributed by atoms with Gasteiger partial charge in [-0.1, -0.05) is 53.3 Å². The van der Waals surface area contributed by atoms with Crippen LogP contribution in [0.3, 0.4) is 0 Å². The molecule has 1 amide bonds. The maximum absolute atomic E-state index is 13.7. The third kappa shape index (κ3) is 4.29. The molecule has 6 nitrogen and oxygen atoms in total.